The third-order valence-corrected chi connectivity index (χ3v) is 9.45. The molecule has 2 atom stereocenters. The van der Waals surface area contributed by atoms with Gasteiger partial charge in [0.05, 0.1) is 19.1 Å². The van der Waals surface area contributed by atoms with Crippen molar-refractivity contribution in [1.29, 1.82) is 0 Å². The Morgan fingerprint density at radius 2 is 1.92 bits per heavy atom. The number of carbonyl (C=O) groups excluding carboxylic acids is 1. The van der Waals surface area contributed by atoms with Crippen molar-refractivity contribution in [1.82, 2.24) is 25.3 Å². The summed E-state index contributed by atoms with van der Waals surface area (Å²) < 4.78 is 5.97. The van der Waals surface area contributed by atoms with E-state index in [9.17, 15) is 4.79 Å². The molecule has 0 aromatic carbocycles. The fourth-order valence-corrected chi connectivity index (χ4v) is 6.90. The zero-order valence-corrected chi connectivity index (χ0v) is 22.9. The summed E-state index contributed by atoms with van der Waals surface area (Å²) >= 11 is 1.37. The topological polar surface area (TPSA) is 108 Å². The Balaban J connectivity index is 1.06. The summed E-state index contributed by atoms with van der Waals surface area (Å²) in [4.78, 5) is 17.5. The van der Waals surface area contributed by atoms with Crippen LogP contribution in [0.2, 0.25) is 0 Å². The lowest BCUT2D eigenvalue weighted by Crippen LogP contribution is -2.50. The van der Waals surface area contributed by atoms with Crippen molar-refractivity contribution >= 4 is 33.3 Å². The molecule has 0 spiro atoms. The highest BCUT2D eigenvalue weighted by molar-refractivity contribution is 7.19. The van der Waals surface area contributed by atoms with E-state index in [0.29, 0.717) is 34.7 Å². The van der Waals surface area contributed by atoms with Gasteiger partial charge in [-0.05, 0) is 49.7 Å². The molecule has 2 aromatic rings. The van der Waals surface area contributed by atoms with E-state index in [4.69, 9.17) is 4.74 Å². The van der Waals surface area contributed by atoms with Crippen molar-refractivity contribution in [3.8, 4) is 0 Å². The number of anilines is 3. The minimum absolute atomic E-state index is 0.0659. The number of amides is 1. The molecular formula is C26H40N8O2S. The second kappa shape index (κ2) is 12.0. The second-order valence-corrected chi connectivity index (χ2v) is 11.7. The van der Waals surface area contributed by atoms with Crippen LogP contribution in [0.1, 0.15) is 65.2 Å². The largest absolute Gasteiger partial charge is 0.375 e. The van der Waals surface area contributed by atoms with Crippen LogP contribution >= 0.6 is 11.3 Å². The zero-order valence-electron chi connectivity index (χ0n) is 22.1. The van der Waals surface area contributed by atoms with Gasteiger partial charge in [0.15, 0.2) is 5.82 Å². The minimum Gasteiger partial charge on any atom is -0.375 e. The molecule has 2 aromatic heterocycles. The predicted molar refractivity (Wildman–Crippen MR) is 146 cm³/mol. The molecule has 11 heteroatoms. The quantitative estimate of drug-likeness (QED) is 0.502. The summed E-state index contributed by atoms with van der Waals surface area (Å²) in [5.74, 6) is 0.822. The van der Waals surface area contributed by atoms with Crippen molar-refractivity contribution in [2.75, 3.05) is 48.3 Å². The van der Waals surface area contributed by atoms with Crippen molar-refractivity contribution in [3.05, 3.63) is 18.3 Å². The Hall–Kier alpha value is -2.37. The highest BCUT2D eigenvalue weighted by atomic mass is 32.1. The monoisotopic (exact) mass is 528 g/mol. The third-order valence-electron chi connectivity index (χ3n) is 8.68. The van der Waals surface area contributed by atoms with Gasteiger partial charge in [0.1, 0.15) is 0 Å². The van der Waals surface area contributed by atoms with E-state index < -0.39 is 0 Å². The lowest BCUT2D eigenvalue weighted by atomic mass is 9.69. The molecule has 1 amide bonds. The number of hydrogen-bond donors (Lipinski definition) is 2. The number of morpholine rings is 1. The molecule has 2 N–H and O–H groups in total. The Bertz CT molecular complexity index is 1010. The molecule has 3 fully saturated rings. The van der Waals surface area contributed by atoms with Crippen LogP contribution < -0.4 is 15.5 Å². The summed E-state index contributed by atoms with van der Waals surface area (Å²) in [6.07, 6.45) is 10.7. The molecule has 3 aliphatic rings. The first-order valence-electron chi connectivity index (χ1n) is 13.8. The van der Waals surface area contributed by atoms with E-state index in [0.717, 1.165) is 38.4 Å². The number of nitrogens with one attached hydrogen (secondary N) is 2. The van der Waals surface area contributed by atoms with E-state index in [-0.39, 0.29) is 18.1 Å². The van der Waals surface area contributed by atoms with Crippen LogP contribution in [0.4, 0.5) is 16.1 Å². The number of aromatic nitrogens is 4. The third kappa shape index (κ3) is 6.56. The molecule has 2 aliphatic heterocycles. The van der Waals surface area contributed by atoms with Gasteiger partial charge in [0.25, 0.3) is 0 Å². The van der Waals surface area contributed by atoms with Crippen LogP contribution in [-0.2, 0) is 9.53 Å². The van der Waals surface area contributed by atoms with Crippen LogP contribution in [0.3, 0.4) is 0 Å². The molecule has 10 nitrogen and oxygen atoms in total. The van der Waals surface area contributed by atoms with Crippen molar-refractivity contribution < 1.29 is 9.53 Å². The maximum atomic E-state index is 12.8. The predicted octanol–water partition coefficient (Wildman–Crippen LogP) is 3.80. The van der Waals surface area contributed by atoms with Gasteiger partial charge >= 0.3 is 0 Å². The second-order valence-electron chi connectivity index (χ2n) is 10.7. The van der Waals surface area contributed by atoms with E-state index in [1.54, 1.807) is 6.20 Å². The number of carbonyl (C=O) groups is 1. The molecule has 37 heavy (non-hydrogen) atoms. The average molecular weight is 529 g/mol. The number of rotatable bonds is 9. The molecular weight excluding hydrogens is 488 g/mol. The summed E-state index contributed by atoms with van der Waals surface area (Å²) in [5.41, 5.74) is 0.547. The van der Waals surface area contributed by atoms with Gasteiger partial charge in [-0.15, -0.1) is 15.3 Å². The molecule has 0 unspecified atom stereocenters. The minimum atomic E-state index is -0.0751. The van der Waals surface area contributed by atoms with Gasteiger partial charge < -0.3 is 20.3 Å². The highest BCUT2D eigenvalue weighted by Gasteiger charge is 2.36. The molecule has 4 heterocycles. The summed E-state index contributed by atoms with van der Waals surface area (Å²) in [5, 5.41) is 24.2. The standard InChI is InChI=1S/C26H40N8O2S/c1-3-26(4-2)10-7-20(8-11-26)33-14-15-36-21(18-33)16-23(35)29-25-32-31-24(37-25)28-19-9-13-34(17-19)22-6-5-12-27-30-22/h5-6,12,19-21H,3-4,7-11,13-18H2,1-2H3,(H,28,31)(H,29,32,35)/t19-,21+/m1/s1. The van der Waals surface area contributed by atoms with Crippen LogP contribution in [0.5, 0.6) is 0 Å². The first kappa shape index (κ1) is 26.2. The van der Waals surface area contributed by atoms with Crippen molar-refractivity contribution in [3.63, 3.8) is 0 Å². The maximum absolute atomic E-state index is 12.8. The van der Waals surface area contributed by atoms with Gasteiger partial charge in [-0.25, -0.2) is 0 Å². The van der Waals surface area contributed by atoms with Gasteiger partial charge in [-0.3, -0.25) is 9.69 Å². The van der Waals surface area contributed by atoms with E-state index >= 15 is 0 Å². The van der Waals surface area contributed by atoms with Crippen molar-refractivity contribution in [2.45, 2.75) is 83.4 Å². The molecule has 202 valence electrons. The molecule has 0 radical (unpaired) electrons. The summed E-state index contributed by atoms with van der Waals surface area (Å²) in [6, 6.07) is 4.75. The fraction of sp³-hybridized carbons (Fsp3) is 0.731. The maximum Gasteiger partial charge on any atom is 0.228 e. The number of ether oxygens (including phenoxy) is 1. The highest BCUT2D eigenvalue weighted by Crippen LogP contribution is 2.43. The normalized spacial score (nSPS) is 24.8. The van der Waals surface area contributed by atoms with Crippen LogP contribution in [-0.4, -0.2) is 82.2 Å². The lowest BCUT2D eigenvalue weighted by Gasteiger charge is -2.45. The molecule has 1 aliphatic carbocycles. The van der Waals surface area contributed by atoms with Crippen molar-refractivity contribution in [2.24, 2.45) is 5.41 Å². The van der Waals surface area contributed by atoms with Crippen LogP contribution in [0.25, 0.3) is 0 Å². The number of hydrogen-bond acceptors (Lipinski definition) is 10. The smallest absolute Gasteiger partial charge is 0.228 e. The Morgan fingerprint density at radius 1 is 1.11 bits per heavy atom. The first-order chi connectivity index (χ1) is 18.1. The lowest BCUT2D eigenvalue weighted by molar-refractivity contribution is -0.122. The van der Waals surface area contributed by atoms with Crippen LogP contribution in [0.15, 0.2) is 18.3 Å². The zero-order chi connectivity index (χ0) is 25.7. The first-order valence-corrected chi connectivity index (χ1v) is 14.7. The van der Waals surface area contributed by atoms with Crippen LogP contribution in [0, 0.1) is 5.41 Å². The van der Waals surface area contributed by atoms with Gasteiger partial charge in [-0.2, -0.15) is 5.10 Å². The van der Waals surface area contributed by atoms with E-state index in [1.165, 1.54) is 49.9 Å². The summed E-state index contributed by atoms with van der Waals surface area (Å²) in [7, 11) is 0. The fourth-order valence-electron chi connectivity index (χ4n) is 6.17. The molecule has 5 rings (SSSR count). The Kier molecular flexibility index (Phi) is 8.51. The van der Waals surface area contributed by atoms with Gasteiger partial charge in [0.2, 0.25) is 16.2 Å². The molecule has 1 saturated carbocycles. The Morgan fingerprint density at radius 3 is 2.68 bits per heavy atom. The SMILES string of the molecule is CCC1(CC)CCC(N2CCO[C@@H](CC(=O)Nc3nnc(N[C@@H]4CCN(c5cccnn5)C4)s3)C2)CC1. The number of nitrogens with zero attached hydrogens (tertiary/aromatic N) is 6. The molecule has 0 bridgehead atoms. The van der Waals surface area contributed by atoms with E-state index in [1.807, 2.05) is 12.1 Å². The summed E-state index contributed by atoms with van der Waals surface area (Å²) in [6.45, 7) is 8.92. The molecule has 2 saturated heterocycles. The van der Waals surface area contributed by atoms with Gasteiger partial charge in [0, 0.05) is 44.5 Å². The Labute approximate surface area is 223 Å². The average Bonchev–Trinajstić information content (AvgIpc) is 3.59. The van der Waals surface area contributed by atoms with Gasteiger partial charge in [-0.1, -0.05) is 38.0 Å². The van der Waals surface area contributed by atoms with E-state index in [2.05, 4.69) is 54.7 Å².